The predicted octanol–water partition coefficient (Wildman–Crippen LogP) is 4.84. The van der Waals surface area contributed by atoms with Crippen LogP contribution in [0.2, 0.25) is 0 Å². The summed E-state index contributed by atoms with van der Waals surface area (Å²) in [6.45, 7) is 8.90. The van der Waals surface area contributed by atoms with Gasteiger partial charge in [0, 0.05) is 38.5 Å². The molecule has 8 heteroatoms. The largest absolute Gasteiger partial charge is 0.480 e. The van der Waals surface area contributed by atoms with Crippen molar-refractivity contribution in [2.24, 2.45) is 0 Å². The van der Waals surface area contributed by atoms with Crippen LogP contribution in [0, 0.1) is 0 Å². The number of carbonyl (C=O) groups is 1. The monoisotopic (exact) mass is 513 g/mol. The Kier molecular flexibility index (Phi) is 9.88. The topological polar surface area (TPSA) is 83.9 Å². The van der Waals surface area contributed by atoms with Gasteiger partial charge in [-0.3, -0.25) is 9.69 Å². The van der Waals surface area contributed by atoms with E-state index in [1.807, 2.05) is 4.90 Å². The van der Waals surface area contributed by atoms with Crippen molar-refractivity contribution < 1.29 is 23.8 Å². The molecule has 0 bridgehead atoms. The molecule has 2 fully saturated rings. The summed E-state index contributed by atoms with van der Waals surface area (Å²) in [7, 11) is 0. The summed E-state index contributed by atoms with van der Waals surface area (Å²) in [6, 6.07) is 3.43. The molecule has 202 valence electrons. The second kappa shape index (κ2) is 13.3. The molecule has 1 aromatic heterocycles. The van der Waals surface area contributed by atoms with Gasteiger partial charge in [0.25, 0.3) is 0 Å². The number of anilines is 1. The molecule has 3 aliphatic rings. The number of hydrogen-bond donors (Lipinski definition) is 2. The van der Waals surface area contributed by atoms with Gasteiger partial charge in [-0.05, 0) is 87.1 Å². The number of carboxylic acids is 1. The number of ether oxygens (including phenoxy) is 2. The SMILES string of the molecule is C=C(/C(=C\C=C(/C)F)[C@H]1CCCO1)[C@H](C(=O)O)N1CC[C@@H](OCCCCc2ccc3c(n2)NCCC3)C1. The maximum Gasteiger partial charge on any atom is 0.325 e. The number of pyridine rings is 1. The van der Waals surface area contributed by atoms with E-state index < -0.39 is 12.0 Å². The van der Waals surface area contributed by atoms with Crippen LogP contribution >= 0.6 is 0 Å². The van der Waals surface area contributed by atoms with E-state index in [1.165, 1.54) is 18.6 Å². The first-order valence-corrected chi connectivity index (χ1v) is 13.6. The van der Waals surface area contributed by atoms with Crippen molar-refractivity contribution in [3.05, 3.63) is 59.1 Å². The Bertz CT molecular complexity index is 1010. The third kappa shape index (κ3) is 7.49. The van der Waals surface area contributed by atoms with Crippen LogP contribution in [0.1, 0.15) is 56.7 Å². The average molecular weight is 514 g/mol. The zero-order valence-electron chi connectivity index (χ0n) is 21.9. The van der Waals surface area contributed by atoms with Crippen LogP contribution in [0.15, 0.2) is 47.8 Å². The Hall–Kier alpha value is -2.55. The molecule has 0 aromatic carbocycles. The number of allylic oxidation sites excluding steroid dienone is 3. The highest BCUT2D eigenvalue weighted by Gasteiger charge is 2.37. The molecule has 3 aliphatic heterocycles. The number of fused-ring (bicyclic) bond motifs is 1. The van der Waals surface area contributed by atoms with Crippen molar-refractivity contribution in [3.63, 3.8) is 0 Å². The molecule has 0 amide bonds. The van der Waals surface area contributed by atoms with E-state index in [-0.39, 0.29) is 18.0 Å². The second-order valence-electron chi connectivity index (χ2n) is 10.2. The number of hydrogen-bond acceptors (Lipinski definition) is 6. The lowest BCUT2D eigenvalue weighted by molar-refractivity contribution is -0.141. The standard InChI is InChI=1S/C29H40FN3O4/c1-20(30)10-13-25(26-9-6-18-37-26)21(2)27(29(34)35)33-16-14-24(19-33)36-17-4-3-8-23-12-11-22-7-5-15-31-28(22)32-23/h10-13,24,26-27H,2-9,14-19H2,1H3,(H,31,32)(H,34,35)/b20-10+,25-13+/t24-,26-,27-/m1/s1. The van der Waals surface area contributed by atoms with Crippen LogP contribution in [0.5, 0.6) is 0 Å². The first-order chi connectivity index (χ1) is 17.9. The van der Waals surface area contributed by atoms with Crippen LogP contribution in [0.4, 0.5) is 10.2 Å². The van der Waals surface area contributed by atoms with Crippen molar-refractivity contribution in [2.45, 2.75) is 76.5 Å². The number of nitrogens with one attached hydrogen (secondary N) is 1. The van der Waals surface area contributed by atoms with Crippen molar-refractivity contribution in [1.29, 1.82) is 0 Å². The van der Waals surface area contributed by atoms with Gasteiger partial charge in [0.15, 0.2) is 0 Å². The molecular weight excluding hydrogens is 473 g/mol. The van der Waals surface area contributed by atoms with E-state index in [1.54, 1.807) is 6.08 Å². The molecule has 0 aliphatic carbocycles. The molecule has 3 atom stereocenters. The predicted molar refractivity (Wildman–Crippen MR) is 142 cm³/mol. The van der Waals surface area contributed by atoms with E-state index in [2.05, 4.69) is 24.0 Å². The van der Waals surface area contributed by atoms with Crippen LogP contribution < -0.4 is 5.32 Å². The van der Waals surface area contributed by atoms with Gasteiger partial charge < -0.3 is 19.9 Å². The van der Waals surface area contributed by atoms with Crippen molar-refractivity contribution >= 4 is 11.8 Å². The number of carboxylic acid groups (broad SMARTS) is 1. The van der Waals surface area contributed by atoms with Crippen LogP contribution in [0.3, 0.4) is 0 Å². The Morgan fingerprint density at radius 2 is 2.22 bits per heavy atom. The Balaban J connectivity index is 1.26. The van der Waals surface area contributed by atoms with E-state index in [0.29, 0.717) is 37.4 Å². The first-order valence-electron chi connectivity index (χ1n) is 13.6. The number of aryl methyl sites for hydroxylation is 2. The number of aliphatic carboxylic acids is 1. The fourth-order valence-corrected chi connectivity index (χ4v) is 5.42. The molecule has 7 nitrogen and oxygen atoms in total. The summed E-state index contributed by atoms with van der Waals surface area (Å²) in [4.78, 5) is 19.0. The quantitative estimate of drug-likeness (QED) is 0.306. The first kappa shape index (κ1) is 27.5. The normalized spacial score (nSPS) is 23.5. The lowest BCUT2D eigenvalue weighted by Crippen LogP contribution is -2.42. The maximum absolute atomic E-state index is 13.5. The molecular formula is C29H40FN3O4. The molecule has 1 aromatic rings. The third-order valence-corrected chi connectivity index (χ3v) is 7.38. The van der Waals surface area contributed by atoms with Crippen molar-refractivity contribution in [3.8, 4) is 0 Å². The van der Waals surface area contributed by atoms with Crippen LogP contribution in [-0.4, -0.2) is 72.1 Å². The lowest BCUT2D eigenvalue weighted by atomic mass is 9.92. The molecule has 4 heterocycles. The van der Waals surface area contributed by atoms with Gasteiger partial charge in [-0.2, -0.15) is 0 Å². The van der Waals surface area contributed by atoms with Crippen molar-refractivity contribution in [1.82, 2.24) is 9.88 Å². The highest BCUT2D eigenvalue weighted by molar-refractivity contribution is 5.79. The molecule has 2 saturated heterocycles. The van der Waals surface area contributed by atoms with Gasteiger partial charge in [-0.25, -0.2) is 9.37 Å². The smallest absolute Gasteiger partial charge is 0.325 e. The van der Waals surface area contributed by atoms with Gasteiger partial charge in [0.2, 0.25) is 0 Å². The minimum atomic E-state index is -0.956. The molecule has 4 rings (SSSR count). The Morgan fingerprint density at radius 3 is 2.97 bits per heavy atom. The number of halogens is 1. The number of nitrogens with zero attached hydrogens (tertiary/aromatic N) is 2. The summed E-state index contributed by atoms with van der Waals surface area (Å²) in [5.74, 6) is -0.264. The summed E-state index contributed by atoms with van der Waals surface area (Å²) in [5.41, 5.74) is 3.54. The van der Waals surface area contributed by atoms with Crippen LogP contribution in [-0.2, 0) is 27.1 Å². The van der Waals surface area contributed by atoms with Gasteiger partial charge in [0.1, 0.15) is 11.9 Å². The highest BCUT2D eigenvalue weighted by Crippen LogP contribution is 2.31. The zero-order valence-corrected chi connectivity index (χ0v) is 21.9. The number of rotatable bonds is 12. The lowest BCUT2D eigenvalue weighted by Gasteiger charge is -2.29. The summed E-state index contributed by atoms with van der Waals surface area (Å²) < 4.78 is 25.4. The maximum atomic E-state index is 13.5. The number of likely N-dealkylation sites (tertiary alicyclic amines) is 1. The van der Waals surface area contributed by atoms with E-state index in [9.17, 15) is 14.3 Å². The van der Waals surface area contributed by atoms with Crippen molar-refractivity contribution in [2.75, 3.05) is 38.2 Å². The average Bonchev–Trinajstić information content (AvgIpc) is 3.57. The molecule has 37 heavy (non-hydrogen) atoms. The molecule has 0 unspecified atom stereocenters. The number of aromatic nitrogens is 1. The summed E-state index contributed by atoms with van der Waals surface area (Å²) >= 11 is 0. The van der Waals surface area contributed by atoms with Crippen LogP contribution in [0.25, 0.3) is 0 Å². The Labute approximate surface area is 219 Å². The zero-order chi connectivity index (χ0) is 26.2. The van der Waals surface area contributed by atoms with Gasteiger partial charge in [-0.15, -0.1) is 0 Å². The van der Waals surface area contributed by atoms with Gasteiger partial charge in [-0.1, -0.05) is 18.7 Å². The minimum absolute atomic E-state index is 0.0103. The third-order valence-electron chi connectivity index (χ3n) is 7.38. The summed E-state index contributed by atoms with van der Waals surface area (Å²) in [5, 5.41) is 13.5. The molecule has 0 saturated carbocycles. The molecule has 0 spiro atoms. The molecule has 2 N–H and O–H groups in total. The number of unbranched alkanes of at least 4 members (excludes halogenated alkanes) is 1. The fourth-order valence-electron chi connectivity index (χ4n) is 5.42. The van der Waals surface area contributed by atoms with E-state index in [4.69, 9.17) is 14.5 Å². The van der Waals surface area contributed by atoms with E-state index in [0.717, 1.165) is 69.4 Å². The fraction of sp³-hybridized carbons (Fsp3) is 0.586. The minimum Gasteiger partial charge on any atom is -0.480 e. The van der Waals surface area contributed by atoms with Gasteiger partial charge >= 0.3 is 5.97 Å². The Morgan fingerprint density at radius 1 is 1.35 bits per heavy atom. The van der Waals surface area contributed by atoms with Gasteiger partial charge in [0.05, 0.1) is 18.0 Å². The second-order valence-corrected chi connectivity index (χ2v) is 10.2. The molecule has 0 radical (unpaired) electrons. The van der Waals surface area contributed by atoms with E-state index >= 15 is 0 Å². The summed E-state index contributed by atoms with van der Waals surface area (Å²) in [6.07, 6.45) is 10.3. The highest BCUT2D eigenvalue weighted by atomic mass is 19.1.